The van der Waals surface area contributed by atoms with Crippen LogP contribution < -0.4 is 0 Å². The molecule has 2 heterocycles. The van der Waals surface area contributed by atoms with Crippen LogP contribution in [0.15, 0.2) is 29.2 Å². The molecule has 0 spiro atoms. The van der Waals surface area contributed by atoms with Gasteiger partial charge in [0.25, 0.3) is 5.24 Å². The largest absolute Gasteiger partial charge is 0.339 e. The molecule has 0 bridgehead atoms. The number of piperazine rings is 1. The molecule has 8 nitrogen and oxygen atoms in total. The van der Waals surface area contributed by atoms with E-state index < -0.39 is 10.0 Å². The molecule has 0 aliphatic carbocycles. The number of carbonyl (C=O) groups is 2. The zero-order valence-corrected chi connectivity index (χ0v) is 15.6. The summed E-state index contributed by atoms with van der Waals surface area (Å²) in [4.78, 5) is 27.0. The van der Waals surface area contributed by atoms with E-state index in [0.717, 1.165) is 0 Å². The quantitative estimate of drug-likeness (QED) is 0.739. The lowest BCUT2D eigenvalue weighted by molar-refractivity contribution is -0.132. The fourth-order valence-electron chi connectivity index (χ4n) is 2.93. The fraction of sp³-hybridized carbons (Fsp3) is 0.438. The number of carbonyl (C=O) groups excluding carboxylic acids is 2. The van der Waals surface area contributed by atoms with E-state index in [4.69, 9.17) is 5.26 Å². The molecule has 10 heteroatoms. The molecule has 2 fully saturated rings. The SMILES string of the molecule is N#Cc1ccccc1S(=O)(=O)N1CCN(C(=O)CN2CCSC2=O)CC1. The monoisotopic (exact) mass is 394 g/mol. The van der Waals surface area contributed by atoms with Gasteiger partial charge in [0.05, 0.1) is 10.5 Å². The Hall–Kier alpha value is -2.09. The van der Waals surface area contributed by atoms with Gasteiger partial charge in [0.15, 0.2) is 0 Å². The minimum Gasteiger partial charge on any atom is -0.339 e. The maximum Gasteiger partial charge on any atom is 0.282 e. The van der Waals surface area contributed by atoms with Gasteiger partial charge in [0, 0.05) is 38.5 Å². The summed E-state index contributed by atoms with van der Waals surface area (Å²) in [6.45, 7) is 1.46. The first-order valence-corrected chi connectivity index (χ1v) is 10.5. The van der Waals surface area contributed by atoms with Crippen LogP contribution in [0.25, 0.3) is 0 Å². The van der Waals surface area contributed by atoms with Crippen LogP contribution in [0.3, 0.4) is 0 Å². The molecule has 0 saturated carbocycles. The van der Waals surface area contributed by atoms with Crippen LogP contribution in [0.4, 0.5) is 4.79 Å². The molecule has 2 saturated heterocycles. The summed E-state index contributed by atoms with van der Waals surface area (Å²) in [5, 5.41) is 9.04. The van der Waals surface area contributed by atoms with Gasteiger partial charge in [0.2, 0.25) is 15.9 Å². The summed E-state index contributed by atoms with van der Waals surface area (Å²) in [5.41, 5.74) is 0.107. The van der Waals surface area contributed by atoms with Gasteiger partial charge in [-0.05, 0) is 12.1 Å². The molecular weight excluding hydrogens is 376 g/mol. The standard InChI is InChI=1S/C16H18N4O4S2/c17-11-13-3-1-2-4-14(13)26(23,24)20-7-5-18(6-8-20)15(21)12-19-9-10-25-16(19)22/h1-4H,5-10,12H2. The summed E-state index contributed by atoms with van der Waals surface area (Å²) in [6, 6.07) is 7.99. The Balaban J connectivity index is 1.63. The third-order valence-corrected chi connectivity index (χ3v) is 7.24. The molecule has 1 aromatic rings. The molecule has 0 unspecified atom stereocenters. The number of nitriles is 1. The van der Waals surface area contributed by atoms with Crippen molar-refractivity contribution in [2.45, 2.75) is 4.90 Å². The molecule has 2 amide bonds. The topological polar surface area (TPSA) is 102 Å². The molecule has 0 radical (unpaired) electrons. The zero-order chi connectivity index (χ0) is 18.7. The lowest BCUT2D eigenvalue weighted by atomic mass is 10.2. The highest BCUT2D eigenvalue weighted by Crippen LogP contribution is 2.21. The van der Waals surface area contributed by atoms with E-state index in [2.05, 4.69) is 0 Å². The molecule has 2 aliphatic rings. The summed E-state index contributed by atoms with van der Waals surface area (Å²) in [6.07, 6.45) is 0. The van der Waals surface area contributed by atoms with Gasteiger partial charge in [-0.2, -0.15) is 9.57 Å². The second-order valence-electron chi connectivity index (χ2n) is 5.93. The van der Waals surface area contributed by atoms with Crippen LogP contribution in [0.1, 0.15) is 5.56 Å². The lowest BCUT2D eigenvalue weighted by Gasteiger charge is -2.34. The number of benzene rings is 1. The van der Waals surface area contributed by atoms with Crippen molar-refractivity contribution in [1.82, 2.24) is 14.1 Å². The van der Waals surface area contributed by atoms with Crippen LogP contribution in [0, 0.1) is 11.3 Å². The van der Waals surface area contributed by atoms with Gasteiger partial charge >= 0.3 is 0 Å². The van der Waals surface area contributed by atoms with Gasteiger partial charge in [-0.1, -0.05) is 23.9 Å². The molecule has 2 aliphatic heterocycles. The number of nitrogens with zero attached hydrogens (tertiary/aromatic N) is 4. The van der Waals surface area contributed by atoms with Crippen molar-refractivity contribution in [3.8, 4) is 6.07 Å². The number of thioether (sulfide) groups is 1. The average Bonchev–Trinajstić information content (AvgIpc) is 3.06. The van der Waals surface area contributed by atoms with Gasteiger partial charge in [-0.15, -0.1) is 0 Å². The van der Waals surface area contributed by atoms with E-state index in [1.807, 2.05) is 6.07 Å². The Kier molecular flexibility index (Phi) is 5.50. The first-order valence-electron chi connectivity index (χ1n) is 8.12. The average molecular weight is 394 g/mol. The zero-order valence-electron chi connectivity index (χ0n) is 14.0. The highest BCUT2D eigenvalue weighted by atomic mass is 32.2. The molecule has 26 heavy (non-hydrogen) atoms. The van der Waals surface area contributed by atoms with Crippen LogP contribution in [0.2, 0.25) is 0 Å². The van der Waals surface area contributed by atoms with E-state index in [1.165, 1.54) is 33.1 Å². The van der Waals surface area contributed by atoms with Crippen LogP contribution in [-0.2, 0) is 14.8 Å². The number of hydrogen-bond donors (Lipinski definition) is 0. The van der Waals surface area contributed by atoms with Crippen molar-refractivity contribution >= 4 is 32.9 Å². The predicted octanol–water partition coefficient (Wildman–Crippen LogP) is 0.560. The van der Waals surface area contributed by atoms with Gasteiger partial charge in [-0.3, -0.25) is 9.59 Å². The second-order valence-corrected chi connectivity index (χ2v) is 8.88. The van der Waals surface area contributed by atoms with Gasteiger partial charge < -0.3 is 9.80 Å². The maximum atomic E-state index is 12.8. The number of hydrogen-bond acceptors (Lipinski definition) is 6. The van der Waals surface area contributed by atoms with Crippen molar-refractivity contribution in [3.05, 3.63) is 29.8 Å². The Morgan fingerprint density at radius 3 is 2.46 bits per heavy atom. The number of amides is 2. The van der Waals surface area contributed by atoms with Crippen LogP contribution in [-0.4, -0.2) is 78.7 Å². The highest BCUT2D eigenvalue weighted by molar-refractivity contribution is 8.13. The van der Waals surface area contributed by atoms with Crippen molar-refractivity contribution in [3.63, 3.8) is 0 Å². The Labute approximate surface area is 156 Å². The minimum absolute atomic E-state index is 0.0121. The van der Waals surface area contributed by atoms with Crippen LogP contribution in [0.5, 0.6) is 0 Å². The lowest BCUT2D eigenvalue weighted by Crippen LogP contribution is -2.52. The molecular formula is C16H18N4O4S2. The first kappa shape index (κ1) is 18.7. The Bertz CT molecular complexity index is 857. The summed E-state index contributed by atoms with van der Waals surface area (Å²) >= 11 is 1.20. The van der Waals surface area contributed by atoms with E-state index in [1.54, 1.807) is 17.0 Å². The highest BCUT2D eigenvalue weighted by Gasteiger charge is 2.32. The third kappa shape index (κ3) is 3.70. The maximum absolute atomic E-state index is 12.8. The van der Waals surface area contributed by atoms with E-state index in [9.17, 15) is 18.0 Å². The van der Waals surface area contributed by atoms with E-state index in [0.29, 0.717) is 12.3 Å². The first-order chi connectivity index (χ1) is 12.4. The molecule has 3 rings (SSSR count). The van der Waals surface area contributed by atoms with E-state index in [-0.39, 0.29) is 54.3 Å². The Morgan fingerprint density at radius 2 is 1.85 bits per heavy atom. The molecule has 0 atom stereocenters. The molecule has 0 aromatic heterocycles. The van der Waals surface area contributed by atoms with Crippen molar-refractivity contribution in [1.29, 1.82) is 5.26 Å². The normalized spacial score (nSPS) is 18.8. The summed E-state index contributed by atoms with van der Waals surface area (Å²) in [7, 11) is -3.78. The van der Waals surface area contributed by atoms with Gasteiger partial charge in [-0.25, -0.2) is 8.42 Å². The Morgan fingerprint density at radius 1 is 1.15 bits per heavy atom. The summed E-state index contributed by atoms with van der Waals surface area (Å²) in [5.74, 6) is 0.520. The third-order valence-electron chi connectivity index (χ3n) is 4.39. The van der Waals surface area contributed by atoms with Crippen molar-refractivity contribution in [2.75, 3.05) is 45.0 Å². The van der Waals surface area contributed by atoms with E-state index >= 15 is 0 Å². The second kappa shape index (κ2) is 7.65. The predicted molar refractivity (Wildman–Crippen MR) is 95.9 cm³/mol. The fourth-order valence-corrected chi connectivity index (χ4v) is 5.32. The molecule has 138 valence electrons. The smallest absolute Gasteiger partial charge is 0.282 e. The summed E-state index contributed by atoms with van der Waals surface area (Å²) < 4.78 is 26.9. The number of rotatable bonds is 4. The molecule has 0 N–H and O–H groups in total. The van der Waals surface area contributed by atoms with Crippen molar-refractivity contribution in [2.24, 2.45) is 0 Å². The van der Waals surface area contributed by atoms with Crippen molar-refractivity contribution < 1.29 is 18.0 Å². The van der Waals surface area contributed by atoms with Crippen LogP contribution >= 0.6 is 11.8 Å². The minimum atomic E-state index is -3.78. The van der Waals surface area contributed by atoms with Gasteiger partial charge in [0.1, 0.15) is 12.6 Å². The molecule has 1 aromatic carbocycles. The number of sulfonamides is 1.